The maximum Gasteiger partial charge on any atom is 0.239 e. The van der Waals surface area contributed by atoms with Crippen molar-refractivity contribution in [2.75, 3.05) is 30.8 Å². The predicted octanol–water partition coefficient (Wildman–Crippen LogP) is 1.59. The third-order valence-corrected chi connectivity index (χ3v) is 5.87. The topological polar surface area (TPSA) is 57.7 Å². The van der Waals surface area contributed by atoms with Gasteiger partial charge in [-0.3, -0.25) is 4.79 Å². The van der Waals surface area contributed by atoms with Gasteiger partial charge in [0.15, 0.2) is 0 Å². The molecule has 0 unspecified atom stereocenters. The van der Waals surface area contributed by atoms with Crippen molar-refractivity contribution in [3.8, 4) is 0 Å². The minimum Gasteiger partial charge on any atom is -0.311 e. The van der Waals surface area contributed by atoms with Crippen molar-refractivity contribution in [3.63, 3.8) is 0 Å². The second kappa shape index (κ2) is 5.06. The van der Waals surface area contributed by atoms with Crippen molar-refractivity contribution < 1.29 is 13.2 Å². The third kappa shape index (κ3) is 2.25. The van der Waals surface area contributed by atoms with Crippen LogP contribution in [0.4, 0.5) is 5.69 Å². The number of anilines is 1. The van der Waals surface area contributed by atoms with Crippen LogP contribution in [-0.2, 0) is 20.2 Å². The molecule has 0 radical (unpaired) electrons. The summed E-state index contributed by atoms with van der Waals surface area (Å²) in [7, 11) is -3.27. The molecule has 1 aromatic carbocycles. The lowest BCUT2D eigenvalue weighted by Crippen LogP contribution is -2.44. The zero-order chi connectivity index (χ0) is 16.1. The molecule has 0 aromatic heterocycles. The van der Waals surface area contributed by atoms with Crippen LogP contribution in [0.15, 0.2) is 24.3 Å². The molecule has 2 heterocycles. The Bertz CT molecular complexity index is 714. The van der Waals surface area contributed by atoms with Crippen molar-refractivity contribution >= 4 is 21.6 Å². The van der Waals surface area contributed by atoms with Gasteiger partial charge in [0, 0.05) is 25.3 Å². The molecule has 22 heavy (non-hydrogen) atoms. The molecule has 1 aromatic rings. The lowest BCUT2D eigenvalue weighted by Gasteiger charge is -2.25. The Kier molecular flexibility index (Phi) is 3.57. The van der Waals surface area contributed by atoms with Gasteiger partial charge in [-0.2, -0.15) is 0 Å². The van der Waals surface area contributed by atoms with Gasteiger partial charge in [-0.15, -0.1) is 0 Å². The summed E-state index contributed by atoms with van der Waals surface area (Å²) in [6, 6.07) is 7.80. The Labute approximate surface area is 132 Å². The van der Waals surface area contributed by atoms with E-state index >= 15 is 0 Å². The van der Waals surface area contributed by atoms with Crippen molar-refractivity contribution in [1.82, 2.24) is 4.31 Å². The molecule has 0 N–H and O–H groups in total. The van der Waals surface area contributed by atoms with Crippen molar-refractivity contribution in [2.24, 2.45) is 5.92 Å². The van der Waals surface area contributed by atoms with E-state index in [1.54, 1.807) is 0 Å². The summed E-state index contributed by atoms with van der Waals surface area (Å²) in [4.78, 5) is 14.9. The zero-order valence-corrected chi connectivity index (χ0v) is 14.1. The van der Waals surface area contributed by atoms with Crippen molar-refractivity contribution in [2.45, 2.75) is 25.7 Å². The van der Waals surface area contributed by atoms with E-state index < -0.39 is 15.4 Å². The lowest BCUT2D eigenvalue weighted by atomic mass is 9.81. The number of para-hydroxylation sites is 1. The third-order valence-electron chi connectivity index (χ3n) is 4.62. The summed E-state index contributed by atoms with van der Waals surface area (Å²) in [5, 5.41) is 0. The lowest BCUT2D eigenvalue weighted by molar-refractivity contribution is -0.122. The second-order valence-corrected chi connectivity index (χ2v) is 8.74. The zero-order valence-electron chi connectivity index (χ0n) is 13.2. The van der Waals surface area contributed by atoms with Gasteiger partial charge in [0.2, 0.25) is 15.9 Å². The summed E-state index contributed by atoms with van der Waals surface area (Å²) in [6.07, 6.45) is 1.77. The molecule has 6 heteroatoms. The Morgan fingerprint density at radius 3 is 2.55 bits per heavy atom. The molecule has 3 rings (SSSR count). The molecule has 120 valence electrons. The Morgan fingerprint density at radius 2 is 1.95 bits per heavy atom. The first kappa shape index (κ1) is 15.5. The highest BCUT2D eigenvalue weighted by Crippen LogP contribution is 2.47. The molecule has 0 bridgehead atoms. The molecular weight excluding hydrogens is 300 g/mol. The largest absolute Gasteiger partial charge is 0.311 e. The van der Waals surface area contributed by atoms with Gasteiger partial charge in [-0.1, -0.05) is 32.0 Å². The van der Waals surface area contributed by atoms with Crippen LogP contribution >= 0.6 is 0 Å². The number of hydrogen-bond donors (Lipinski definition) is 0. The quantitative estimate of drug-likeness (QED) is 0.849. The molecule has 2 aliphatic heterocycles. The molecule has 1 spiro atoms. The van der Waals surface area contributed by atoms with Crippen LogP contribution in [0.25, 0.3) is 0 Å². The summed E-state index contributed by atoms with van der Waals surface area (Å²) in [6.45, 7) is 5.50. The van der Waals surface area contributed by atoms with Crippen LogP contribution < -0.4 is 4.90 Å². The monoisotopic (exact) mass is 322 g/mol. The fourth-order valence-electron chi connectivity index (χ4n) is 3.60. The Morgan fingerprint density at radius 1 is 1.27 bits per heavy atom. The maximum absolute atomic E-state index is 13.1. The Balaban J connectivity index is 2.05. The van der Waals surface area contributed by atoms with E-state index in [9.17, 15) is 13.2 Å². The summed E-state index contributed by atoms with van der Waals surface area (Å²) in [5.41, 5.74) is 1.22. The van der Waals surface area contributed by atoms with Gasteiger partial charge < -0.3 is 4.90 Å². The Hall–Kier alpha value is -1.40. The number of amides is 1. The van der Waals surface area contributed by atoms with E-state index in [4.69, 9.17) is 0 Å². The fourth-order valence-corrected chi connectivity index (χ4v) is 4.47. The number of sulfonamides is 1. The highest BCUT2D eigenvalue weighted by atomic mass is 32.2. The van der Waals surface area contributed by atoms with Crippen LogP contribution in [0.3, 0.4) is 0 Å². The summed E-state index contributed by atoms with van der Waals surface area (Å²) < 4.78 is 25.1. The minimum atomic E-state index is -3.27. The summed E-state index contributed by atoms with van der Waals surface area (Å²) >= 11 is 0. The van der Waals surface area contributed by atoms with Crippen LogP contribution in [0.2, 0.25) is 0 Å². The van der Waals surface area contributed by atoms with Crippen LogP contribution in [0.1, 0.15) is 25.8 Å². The SMILES string of the molecule is CC(C)CN1C(=O)[C@@]2(CCN(S(C)(=O)=O)C2)c2ccccc21. The first-order valence-corrected chi connectivity index (χ1v) is 9.47. The minimum absolute atomic E-state index is 0.0496. The smallest absolute Gasteiger partial charge is 0.239 e. The number of carbonyl (C=O) groups is 1. The van der Waals surface area contributed by atoms with Crippen LogP contribution in [0, 0.1) is 5.92 Å². The number of fused-ring (bicyclic) bond motifs is 2. The number of benzene rings is 1. The molecule has 5 nitrogen and oxygen atoms in total. The molecule has 2 aliphatic rings. The van der Waals surface area contributed by atoms with Gasteiger partial charge in [-0.25, -0.2) is 12.7 Å². The van der Waals surface area contributed by atoms with E-state index in [-0.39, 0.29) is 12.5 Å². The molecule has 1 atom stereocenters. The fraction of sp³-hybridized carbons (Fsp3) is 0.562. The van der Waals surface area contributed by atoms with E-state index in [2.05, 4.69) is 13.8 Å². The predicted molar refractivity (Wildman–Crippen MR) is 86.3 cm³/mol. The average Bonchev–Trinajstić information content (AvgIpc) is 2.97. The van der Waals surface area contributed by atoms with Crippen LogP contribution in [0.5, 0.6) is 0 Å². The van der Waals surface area contributed by atoms with Gasteiger partial charge in [0.25, 0.3) is 0 Å². The molecule has 1 amide bonds. The van der Waals surface area contributed by atoms with Gasteiger partial charge in [-0.05, 0) is 24.0 Å². The maximum atomic E-state index is 13.1. The molecule has 0 aliphatic carbocycles. The standard InChI is InChI=1S/C16H22N2O3S/c1-12(2)10-18-14-7-5-4-6-13(14)16(15(18)19)8-9-17(11-16)22(3,20)21/h4-7,12H,8-11H2,1-3H3/t16-/m1/s1. The number of carbonyl (C=O) groups excluding carboxylic acids is 1. The second-order valence-electron chi connectivity index (χ2n) is 6.76. The van der Waals surface area contributed by atoms with Gasteiger partial charge in [0.05, 0.1) is 11.7 Å². The van der Waals surface area contributed by atoms with Gasteiger partial charge in [0.1, 0.15) is 0 Å². The normalized spacial score (nSPS) is 25.5. The average molecular weight is 322 g/mol. The van der Waals surface area contributed by atoms with Gasteiger partial charge >= 0.3 is 0 Å². The van der Waals surface area contributed by atoms with E-state index in [0.717, 1.165) is 11.3 Å². The first-order chi connectivity index (χ1) is 10.3. The molecule has 0 saturated carbocycles. The molecule has 1 saturated heterocycles. The molecular formula is C16H22N2O3S. The van der Waals surface area contributed by atoms with E-state index in [1.165, 1.54) is 10.6 Å². The van der Waals surface area contributed by atoms with Crippen molar-refractivity contribution in [3.05, 3.63) is 29.8 Å². The highest BCUT2D eigenvalue weighted by molar-refractivity contribution is 7.88. The molecule has 1 fully saturated rings. The summed E-state index contributed by atoms with van der Waals surface area (Å²) in [5.74, 6) is 0.410. The number of nitrogens with zero attached hydrogens (tertiary/aromatic N) is 2. The number of rotatable bonds is 3. The van der Waals surface area contributed by atoms with Crippen molar-refractivity contribution in [1.29, 1.82) is 0 Å². The first-order valence-electron chi connectivity index (χ1n) is 7.62. The highest BCUT2D eigenvalue weighted by Gasteiger charge is 2.55. The van der Waals surface area contributed by atoms with E-state index in [1.807, 2.05) is 29.2 Å². The van der Waals surface area contributed by atoms with E-state index in [0.29, 0.717) is 25.4 Å². The number of hydrogen-bond acceptors (Lipinski definition) is 3. The van der Waals surface area contributed by atoms with Crippen LogP contribution in [-0.4, -0.2) is 44.5 Å².